The lowest BCUT2D eigenvalue weighted by Crippen LogP contribution is -2.31. The molecule has 1 aliphatic rings. The second-order valence-corrected chi connectivity index (χ2v) is 6.56. The summed E-state index contributed by atoms with van der Waals surface area (Å²) in [7, 11) is 0. The fourth-order valence-corrected chi connectivity index (χ4v) is 3.68. The molecule has 0 N–H and O–H groups in total. The van der Waals surface area contributed by atoms with Crippen molar-refractivity contribution in [2.75, 3.05) is 6.54 Å². The molecule has 0 spiro atoms. The van der Waals surface area contributed by atoms with E-state index in [0.717, 1.165) is 41.8 Å². The van der Waals surface area contributed by atoms with Gasteiger partial charge in [0.15, 0.2) is 11.5 Å². The monoisotopic (exact) mass is 351 g/mol. The zero-order valence-corrected chi connectivity index (χ0v) is 14.9. The highest BCUT2D eigenvalue weighted by atomic mass is 16.5. The summed E-state index contributed by atoms with van der Waals surface area (Å²) in [4.78, 5) is 14.9. The van der Waals surface area contributed by atoms with Crippen LogP contribution < -0.4 is 0 Å². The molecule has 0 saturated carbocycles. The van der Waals surface area contributed by atoms with E-state index in [4.69, 9.17) is 9.05 Å². The minimum atomic E-state index is -0.110. The van der Waals surface area contributed by atoms with Crippen LogP contribution in [0.4, 0.5) is 0 Å². The second kappa shape index (κ2) is 6.78. The predicted octanol–water partition coefficient (Wildman–Crippen LogP) is 4.18. The third-order valence-electron chi connectivity index (χ3n) is 4.94. The van der Waals surface area contributed by atoms with Crippen LogP contribution >= 0.6 is 0 Å². The van der Waals surface area contributed by atoms with Gasteiger partial charge in [-0.05, 0) is 19.8 Å². The molecule has 26 heavy (non-hydrogen) atoms. The fourth-order valence-electron chi connectivity index (χ4n) is 3.68. The lowest BCUT2D eigenvalue weighted by molar-refractivity contribution is 0.0724. The Kier molecular flexibility index (Phi) is 4.32. The molecule has 1 aromatic carbocycles. The molecule has 0 aliphatic carbocycles. The molecule has 0 radical (unpaired) electrons. The lowest BCUT2D eigenvalue weighted by Gasteiger charge is -2.24. The van der Waals surface area contributed by atoms with E-state index in [-0.39, 0.29) is 11.9 Å². The van der Waals surface area contributed by atoms with Crippen LogP contribution in [0, 0.1) is 6.92 Å². The SMILES string of the molecule is CCc1onc(C)c1[C@H]1CCCN1C(=O)c1cc(-c2ccccc2)on1. The van der Waals surface area contributed by atoms with Gasteiger partial charge >= 0.3 is 0 Å². The molecular formula is C20H21N3O3. The Balaban J connectivity index is 1.62. The number of likely N-dealkylation sites (tertiary alicyclic amines) is 1. The van der Waals surface area contributed by atoms with E-state index in [1.54, 1.807) is 6.07 Å². The Bertz CT molecular complexity index is 914. The molecular weight excluding hydrogens is 330 g/mol. The number of aromatic nitrogens is 2. The molecule has 3 aromatic rings. The van der Waals surface area contributed by atoms with Crippen molar-refractivity contribution in [3.05, 3.63) is 59.1 Å². The number of hydrogen-bond donors (Lipinski definition) is 0. The average molecular weight is 351 g/mol. The van der Waals surface area contributed by atoms with E-state index < -0.39 is 0 Å². The Labute approximate surface area is 151 Å². The molecule has 1 aliphatic heterocycles. The van der Waals surface area contributed by atoms with Gasteiger partial charge in [0.05, 0.1) is 11.7 Å². The van der Waals surface area contributed by atoms with Gasteiger partial charge in [-0.3, -0.25) is 4.79 Å². The van der Waals surface area contributed by atoms with Crippen LogP contribution in [-0.2, 0) is 6.42 Å². The van der Waals surface area contributed by atoms with E-state index in [0.29, 0.717) is 18.0 Å². The molecule has 0 bridgehead atoms. The van der Waals surface area contributed by atoms with Crippen molar-refractivity contribution in [1.82, 2.24) is 15.2 Å². The molecule has 1 amide bonds. The van der Waals surface area contributed by atoms with Crippen molar-refractivity contribution in [3.63, 3.8) is 0 Å². The van der Waals surface area contributed by atoms with Crippen molar-refractivity contribution >= 4 is 5.91 Å². The Morgan fingerprint density at radius 1 is 1.23 bits per heavy atom. The van der Waals surface area contributed by atoms with E-state index in [1.165, 1.54) is 0 Å². The van der Waals surface area contributed by atoms with E-state index >= 15 is 0 Å². The van der Waals surface area contributed by atoms with E-state index in [1.807, 2.05) is 49.1 Å². The van der Waals surface area contributed by atoms with Gasteiger partial charge in [-0.25, -0.2) is 0 Å². The standard InChI is InChI=1S/C20H21N3O3/c1-3-17-19(13(2)21-25-17)16-10-7-11-23(16)20(24)15-12-18(26-22-15)14-8-5-4-6-9-14/h4-6,8-9,12,16H,3,7,10-11H2,1-2H3/t16-/m1/s1. The summed E-state index contributed by atoms with van der Waals surface area (Å²) in [6, 6.07) is 11.4. The van der Waals surface area contributed by atoms with Crippen LogP contribution in [-0.4, -0.2) is 27.7 Å². The van der Waals surface area contributed by atoms with Crippen molar-refractivity contribution in [2.45, 2.75) is 39.2 Å². The maximum atomic E-state index is 13.1. The number of nitrogens with zero attached hydrogens (tertiary/aromatic N) is 3. The zero-order chi connectivity index (χ0) is 18.1. The molecule has 0 unspecified atom stereocenters. The van der Waals surface area contributed by atoms with Gasteiger partial charge in [0.25, 0.3) is 5.91 Å². The minimum absolute atomic E-state index is 0.0134. The number of hydrogen-bond acceptors (Lipinski definition) is 5. The topological polar surface area (TPSA) is 72.4 Å². The van der Waals surface area contributed by atoms with Gasteiger partial charge in [-0.1, -0.05) is 47.6 Å². The van der Waals surface area contributed by atoms with Gasteiger partial charge in [0, 0.05) is 30.2 Å². The number of carbonyl (C=O) groups excluding carboxylic acids is 1. The van der Waals surface area contributed by atoms with E-state index in [2.05, 4.69) is 10.3 Å². The van der Waals surface area contributed by atoms with Crippen LogP contribution in [0.1, 0.15) is 53.3 Å². The summed E-state index contributed by atoms with van der Waals surface area (Å²) in [6.07, 6.45) is 2.62. The van der Waals surface area contributed by atoms with E-state index in [9.17, 15) is 4.79 Å². The van der Waals surface area contributed by atoms with Gasteiger partial charge in [-0.2, -0.15) is 0 Å². The lowest BCUT2D eigenvalue weighted by atomic mass is 10.0. The van der Waals surface area contributed by atoms with Crippen molar-refractivity contribution < 1.29 is 13.8 Å². The zero-order valence-electron chi connectivity index (χ0n) is 14.9. The van der Waals surface area contributed by atoms with Crippen molar-refractivity contribution in [1.29, 1.82) is 0 Å². The first-order valence-electron chi connectivity index (χ1n) is 8.97. The quantitative estimate of drug-likeness (QED) is 0.705. The summed E-state index contributed by atoms with van der Waals surface area (Å²) < 4.78 is 10.8. The van der Waals surface area contributed by atoms with Crippen molar-refractivity contribution in [2.24, 2.45) is 0 Å². The first-order valence-corrected chi connectivity index (χ1v) is 8.97. The average Bonchev–Trinajstić information content (AvgIpc) is 3.41. The number of benzene rings is 1. The minimum Gasteiger partial charge on any atom is -0.361 e. The number of carbonyl (C=O) groups is 1. The molecule has 134 valence electrons. The second-order valence-electron chi connectivity index (χ2n) is 6.56. The highest BCUT2D eigenvalue weighted by molar-refractivity contribution is 5.93. The molecule has 1 saturated heterocycles. The first-order chi connectivity index (χ1) is 12.7. The molecule has 3 heterocycles. The van der Waals surface area contributed by atoms with Crippen LogP contribution in [0.2, 0.25) is 0 Å². The Hall–Kier alpha value is -2.89. The molecule has 4 rings (SSSR count). The molecule has 6 nitrogen and oxygen atoms in total. The highest BCUT2D eigenvalue weighted by Gasteiger charge is 2.35. The van der Waals surface area contributed by atoms with Crippen molar-refractivity contribution in [3.8, 4) is 11.3 Å². The van der Waals surface area contributed by atoms with Crippen LogP contribution in [0.25, 0.3) is 11.3 Å². The van der Waals surface area contributed by atoms with Crippen LogP contribution in [0.3, 0.4) is 0 Å². The molecule has 1 atom stereocenters. The summed E-state index contributed by atoms with van der Waals surface area (Å²) >= 11 is 0. The highest BCUT2D eigenvalue weighted by Crippen LogP contribution is 2.37. The maximum absolute atomic E-state index is 13.1. The largest absolute Gasteiger partial charge is 0.361 e. The predicted molar refractivity (Wildman–Crippen MR) is 95.6 cm³/mol. The van der Waals surface area contributed by atoms with Gasteiger partial charge < -0.3 is 13.9 Å². The van der Waals surface area contributed by atoms with Gasteiger partial charge in [0.1, 0.15) is 5.76 Å². The molecule has 1 fully saturated rings. The smallest absolute Gasteiger partial charge is 0.276 e. The molecule has 6 heteroatoms. The molecule has 2 aromatic heterocycles. The summed E-state index contributed by atoms with van der Waals surface area (Å²) in [5.74, 6) is 1.35. The van der Waals surface area contributed by atoms with Crippen LogP contribution in [0.5, 0.6) is 0 Å². The Morgan fingerprint density at radius 3 is 2.81 bits per heavy atom. The van der Waals surface area contributed by atoms with Gasteiger partial charge in [-0.15, -0.1) is 0 Å². The van der Waals surface area contributed by atoms with Crippen LogP contribution in [0.15, 0.2) is 45.4 Å². The summed E-state index contributed by atoms with van der Waals surface area (Å²) in [5.41, 5.74) is 3.14. The third kappa shape index (κ3) is 2.81. The normalized spacial score (nSPS) is 17.0. The number of amides is 1. The summed E-state index contributed by atoms with van der Waals surface area (Å²) in [6.45, 7) is 4.67. The number of rotatable bonds is 4. The maximum Gasteiger partial charge on any atom is 0.276 e. The Morgan fingerprint density at radius 2 is 2.04 bits per heavy atom. The van der Waals surface area contributed by atoms with Gasteiger partial charge in [0.2, 0.25) is 0 Å². The number of aryl methyl sites for hydroxylation is 2. The summed E-state index contributed by atoms with van der Waals surface area (Å²) in [5, 5.41) is 8.11. The third-order valence-corrected chi connectivity index (χ3v) is 4.94. The fraction of sp³-hybridized carbons (Fsp3) is 0.350. The first kappa shape index (κ1) is 16.6.